The van der Waals surface area contributed by atoms with Crippen LogP contribution in [0.1, 0.15) is 5.56 Å². The number of phenolic OH excluding ortho intramolecular Hbond substituents is 1. The number of nitro benzene ring substituents is 1. The number of carbonyl (C=O) groups is 1. The van der Waals surface area contributed by atoms with Gasteiger partial charge in [0.05, 0.1) is 18.1 Å². The molecule has 9 nitrogen and oxygen atoms in total. The number of carboxylic acids is 1. The summed E-state index contributed by atoms with van der Waals surface area (Å²) < 4.78 is 10.4. The van der Waals surface area contributed by atoms with E-state index in [1.165, 1.54) is 7.11 Å². The van der Waals surface area contributed by atoms with E-state index in [0.717, 1.165) is 18.2 Å². The molecule has 0 aliphatic rings. The van der Waals surface area contributed by atoms with Gasteiger partial charge >= 0.3 is 5.97 Å². The normalized spacial score (nSPS) is 11.5. The molecule has 1 heterocycles. The van der Waals surface area contributed by atoms with Crippen molar-refractivity contribution in [3.05, 3.63) is 57.0 Å². The van der Waals surface area contributed by atoms with E-state index in [0.29, 0.717) is 22.9 Å². The summed E-state index contributed by atoms with van der Waals surface area (Å²) in [6.45, 7) is 0. The standard InChI is InChI=1S/C17H12N2O7S/c1-25-13-8-10(19(23)24)6-9(15(13)20)7-14(16(21)22)27-17-18-11-4-2-3-5-12(11)26-17/h2-8,20H,1H3,(H,21,22)/b14-7-. The Labute approximate surface area is 156 Å². The van der Waals surface area contributed by atoms with E-state index in [4.69, 9.17) is 9.15 Å². The first-order chi connectivity index (χ1) is 12.9. The maximum atomic E-state index is 11.6. The quantitative estimate of drug-likeness (QED) is 0.280. The smallest absolute Gasteiger partial charge is 0.342 e. The van der Waals surface area contributed by atoms with E-state index in [1.54, 1.807) is 24.3 Å². The number of aliphatic carboxylic acids is 1. The lowest BCUT2D eigenvalue weighted by Gasteiger charge is -2.07. The van der Waals surface area contributed by atoms with Crippen LogP contribution in [-0.2, 0) is 4.79 Å². The van der Waals surface area contributed by atoms with Crippen LogP contribution in [0.2, 0.25) is 0 Å². The van der Waals surface area contributed by atoms with Crippen LogP contribution in [0.15, 0.2) is 50.9 Å². The molecule has 0 unspecified atom stereocenters. The first-order valence-corrected chi connectivity index (χ1v) is 8.24. The predicted molar refractivity (Wildman–Crippen MR) is 96.8 cm³/mol. The molecule has 0 spiro atoms. The lowest BCUT2D eigenvalue weighted by Crippen LogP contribution is -1.98. The van der Waals surface area contributed by atoms with Gasteiger partial charge in [0.1, 0.15) is 10.4 Å². The van der Waals surface area contributed by atoms with Gasteiger partial charge in [0.2, 0.25) is 0 Å². The van der Waals surface area contributed by atoms with Gasteiger partial charge in [-0.3, -0.25) is 10.1 Å². The molecule has 138 valence electrons. The largest absolute Gasteiger partial charge is 0.504 e. The van der Waals surface area contributed by atoms with Crippen LogP contribution < -0.4 is 4.74 Å². The molecule has 3 aromatic rings. The number of nitro groups is 1. The van der Waals surface area contributed by atoms with Gasteiger partial charge in [-0.25, -0.2) is 9.78 Å². The number of methoxy groups -OCH3 is 1. The van der Waals surface area contributed by atoms with Crippen molar-refractivity contribution in [2.75, 3.05) is 7.11 Å². The number of carboxylic acid groups (broad SMARTS) is 1. The second kappa shape index (κ2) is 7.38. The average Bonchev–Trinajstić information content (AvgIpc) is 3.04. The number of phenols is 1. The van der Waals surface area contributed by atoms with Crippen LogP contribution in [0.3, 0.4) is 0 Å². The van der Waals surface area contributed by atoms with E-state index in [2.05, 4.69) is 4.98 Å². The Hall–Kier alpha value is -3.53. The van der Waals surface area contributed by atoms with Crippen molar-refractivity contribution in [2.24, 2.45) is 0 Å². The third kappa shape index (κ3) is 3.85. The third-order valence-corrected chi connectivity index (χ3v) is 4.35. The highest BCUT2D eigenvalue weighted by Crippen LogP contribution is 2.38. The van der Waals surface area contributed by atoms with E-state index < -0.39 is 16.6 Å². The number of non-ortho nitro benzene ring substituents is 1. The number of para-hydroxylation sites is 2. The zero-order valence-corrected chi connectivity index (χ0v) is 14.6. The summed E-state index contributed by atoms with van der Waals surface area (Å²) in [5, 5.41) is 30.8. The molecule has 0 aliphatic heterocycles. The fourth-order valence-corrected chi connectivity index (χ4v) is 2.99. The van der Waals surface area contributed by atoms with Crippen molar-refractivity contribution in [1.82, 2.24) is 4.98 Å². The van der Waals surface area contributed by atoms with Crippen molar-refractivity contribution in [2.45, 2.75) is 5.22 Å². The van der Waals surface area contributed by atoms with Crippen LogP contribution in [0, 0.1) is 10.1 Å². The predicted octanol–water partition coefficient (Wildman–Crippen LogP) is 3.67. The molecule has 10 heteroatoms. The van der Waals surface area contributed by atoms with Gasteiger partial charge in [0.15, 0.2) is 17.1 Å². The lowest BCUT2D eigenvalue weighted by atomic mass is 10.1. The Bertz CT molecular complexity index is 1040. The highest BCUT2D eigenvalue weighted by molar-refractivity contribution is 8.03. The van der Waals surface area contributed by atoms with Crippen LogP contribution in [0.4, 0.5) is 5.69 Å². The Morgan fingerprint density at radius 1 is 1.37 bits per heavy atom. The van der Waals surface area contributed by atoms with Crippen LogP contribution >= 0.6 is 11.8 Å². The van der Waals surface area contributed by atoms with Gasteiger partial charge < -0.3 is 19.4 Å². The number of hydrogen-bond acceptors (Lipinski definition) is 8. The zero-order valence-electron chi connectivity index (χ0n) is 13.8. The van der Waals surface area contributed by atoms with Gasteiger partial charge in [-0.1, -0.05) is 12.1 Å². The highest BCUT2D eigenvalue weighted by atomic mass is 32.2. The summed E-state index contributed by atoms with van der Waals surface area (Å²) >= 11 is 0.716. The van der Waals surface area contributed by atoms with Crippen molar-refractivity contribution in [3.8, 4) is 11.5 Å². The molecule has 0 saturated heterocycles. The summed E-state index contributed by atoms with van der Waals surface area (Å²) in [5.74, 6) is -1.88. The van der Waals surface area contributed by atoms with Crippen LogP contribution in [0.25, 0.3) is 17.2 Å². The minimum absolute atomic E-state index is 0.0814. The maximum Gasteiger partial charge on any atom is 0.342 e. The number of oxazole rings is 1. The van der Waals surface area contributed by atoms with Gasteiger partial charge in [-0.05, 0) is 30.0 Å². The number of rotatable bonds is 6. The monoisotopic (exact) mass is 388 g/mol. The molecule has 27 heavy (non-hydrogen) atoms. The number of fused-ring (bicyclic) bond motifs is 1. The molecular formula is C17H12N2O7S. The number of nitrogens with zero attached hydrogens (tertiary/aromatic N) is 2. The molecule has 2 aromatic carbocycles. The molecule has 3 rings (SSSR count). The molecule has 1 aromatic heterocycles. The minimum Gasteiger partial charge on any atom is -0.504 e. The number of aromatic hydroxyl groups is 1. The summed E-state index contributed by atoms with van der Waals surface area (Å²) in [7, 11) is 1.23. The molecule has 2 N–H and O–H groups in total. The van der Waals surface area contributed by atoms with E-state index >= 15 is 0 Å². The second-order valence-corrected chi connectivity index (χ2v) is 6.20. The fraction of sp³-hybridized carbons (Fsp3) is 0.0588. The van der Waals surface area contributed by atoms with Crippen molar-refractivity contribution >= 4 is 40.6 Å². The SMILES string of the molecule is COc1cc([N+](=O)[O-])cc(/C=C(\Sc2nc3ccccc3o2)C(=O)O)c1O. The average molecular weight is 388 g/mol. The number of aromatic nitrogens is 1. The van der Waals surface area contributed by atoms with Crippen LogP contribution in [0.5, 0.6) is 11.5 Å². The Balaban J connectivity index is 2.04. The Morgan fingerprint density at radius 3 is 2.74 bits per heavy atom. The second-order valence-electron chi connectivity index (χ2n) is 5.21. The summed E-state index contributed by atoms with van der Waals surface area (Å²) in [4.78, 5) is 25.9. The molecule has 0 fully saturated rings. The van der Waals surface area contributed by atoms with Crippen molar-refractivity contribution in [3.63, 3.8) is 0 Å². The fourth-order valence-electron chi connectivity index (χ4n) is 2.25. The lowest BCUT2D eigenvalue weighted by molar-refractivity contribution is -0.385. The Morgan fingerprint density at radius 2 is 2.11 bits per heavy atom. The molecule has 0 amide bonds. The van der Waals surface area contributed by atoms with E-state index in [9.17, 15) is 25.1 Å². The first kappa shape index (κ1) is 18.3. The molecule has 0 saturated carbocycles. The number of ether oxygens (including phenoxy) is 1. The third-order valence-electron chi connectivity index (χ3n) is 3.49. The van der Waals surface area contributed by atoms with Gasteiger partial charge in [0, 0.05) is 11.6 Å². The van der Waals surface area contributed by atoms with E-state index in [1.807, 2.05) is 0 Å². The molecule has 0 aliphatic carbocycles. The first-order valence-electron chi connectivity index (χ1n) is 7.43. The summed E-state index contributed by atoms with van der Waals surface area (Å²) in [6.07, 6.45) is 1.09. The molecular weight excluding hydrogens is 376 g/mol. The van der Waals surface area contributed by atoms with E-state index in [-0.39, 0.29) is 27.1 Å². The summed E-state index contributed by atoms with van der Waals surface area (Å²) in [5.41, 5.74) is 0.615. The van der Waals surface area contributed by atoms with Gasteiger partial charge in [-0.2, -0.15) is 0 Å². The molecule has 0 atom stereocenters. The van der Waals surface area contributed by atoms with Gasteiger partial charge in [0.25, 0.3) is 10.9 Å². The summed E-state index contributed by atoms with van der Waals surface area (Å²) in [6, 6.07) is 9.01. The maximum absolute atomic E-state index is 11.6. The number of thioether (sulfide) groups is 1. The number of benzene rings is 2. The number of hydrogen-bond donors (Lipinski definition) is 2. The van der Waals surface area contributed by atoms with Crippen molar-refractivity contribution in [1.29, 1.82) is 0 Å². The molecule has 0 radical (unpaired) electrons. The van der Waals surface area contributed by atoms with Gasteiger partial charge in [-0.15, -0.1) is 0 Å². The van der Waals surface area contributed by atoms with Crippen LogP contribution in [-0.4, -0.2) is 33.2 Å². The minimum atomic E-state index is -1.31. The van der Waals surface area contributed by atoms with Crippen molar-refractivity contribution < 1.29 is 29.1 Å². The highest BCUT2D eigenvalue weighted by Gasteiger charge is 2.20. The molecule has 0 bridgehead atoms. The zero-order chi connectivity index (χ0) is 19.6. The topological polar surface area (TPSA) is 136 Å². The Kier molecular flexibility index (Phi) is 4.99.